The summed E-state index contributed by atoms with van der Waals surface area (Å²) in [5, 5.41) is 13.0. The number of methoxy groups -OCH3 is 2. The van der Waals surface area contributed by atoms with Crippen molar-refractivity contribution in [2.75, 3.05) is 27.4 Å². The summed E-state index contributed by atoms with van der Waals surface area (Å²) in [4.78, 5) is 10.8. The molecule has 2 N–H and O–H groups in total. The van der Waals surface area contributed by atoms with Gasteiger partial charge in [0.15, 0.2) is 29.6 Å². The largest absolute Gasteiger partial charge is 0.493 e. The number of nitrogens with one attached hydrogen (secondary N) is 1. The number of rotatable bonds is 11. The van der Waals surface area contributed by atoms with E-state index in [-0.39, 0.29) is 0 Å². The highest BCUT2D eigenvalue weighted by atomic mass is 79.9. The van der Waals surface area contributed by atoms with Gasteiger partial charge < -0.3 is 29.5 Å². The second-order valence-corrected chi connectivity index (χ2v) is 6.58. The molecule has 0 fully saturated rings. The third-order valence-corrected chi connectivity index (χ3v) is 4.30. The maximum atomic E-state index is 10.8. The predicted molar refractivity (Wildman–Crippen MR) is 112 cm³/mol. The second kappa shape index (κ2) is 11.2. The maximum Gasteiger partial charge on any atom is 0.341 e. The molecule has 0 spiro atoms. The number of benzene rings is 2. The summed E-state index contributed by atoms with van der Waals surface area (Å²) in [6.45, 7) is 2.28. The van der Waals surface area contributed by atoms with Gasteiger partial charge in [-0.1, -0.05) is 6.07 Å². The van der Waals surface area contributed by atoms with E-state index in [1.165, 1.54) is 0 Å². The lowest BCUT2D eigenvalue weighted by Crippen LogP contribution is -2.11. The van der Waals surface area contributed by atoms with Crippen LogP contribution in [0.5, 0.6) is 23.0 Å². The molecule has 8 nitrogen and oxygen atoms in total. The summed E-state index contributed by atoms with van der Waals surface area (Å²) >= 11 is 3.39. The normalized spacial score (nSPS) is 10.6. The monoisotopic (exact) mass is 466 g/mol. The summed E-state index contributed by atoms with van der Waals surface area (Å²) in [6.07, 6.45) is 1.63. The summed E-state index contributed by atoms with van der Waals surface area (Å²) in [7, 11) is 3.18. The fourth-order valence-corrected chi connectivity index (χ4v) is 3.02. The predicted octanol–water partition coefficient (Wildman–Crippen LogP) is 3.45. The van der Waals surface area contributed by atoms with E-state index in [9.17, 15) is 4.79 Å². The zero-order valence-electron chi connectivity index (χ0n) is 16.4. The molecule has 0 aliphatic rings. The van der Waals surface area contributed by atoms with Gasteiger partial charge in [0.05, 0.1) is 38.1 Å². The van der Waals surface area contributed by atoms with Crippen LogP contribution in [0.3, 0.4) is 0 Å². The van der Waals surface area contributed by atoms with Gasteiger partial charge in [-0.15, -0.1) is 0 Å². The van der Waals surface area contributed by atoms with Gasteiger partial charge >= 0.3 is 5.97 Å². The summed E-state index contributed by atoms with van der Waals surface area (Å²) in [5.74, 6) is 1.02. The van der Waals surface area contributed by atoms with Crippen LogP contribution in [0, 0.1) is 0 Å². The van der Waals surface area contributed by atoms with Gasteiger partial charge in [-0.25, -0.2) is 4.79 Å². The van der Waals surface area contributed by atoms with Gasteiger partial charge in [0, 0.05) is 0 Å². The number of carboxylic acid groups (broad SMARTS) is 1. The molecule has 156 valence electrons. The Bertz CT molecular complexity index is 872. The molecule has 0 radical (unpaired) electrons. The third-order valence-electron chi connectivity index (χ3n) is 3.71. The van der Waals surface area contributed by atoms with Crippen LogP contribution < -0.4 is 24.4 Å². The van der Waals surface area contributed by atoms with E-state index in [1.807, 2.05) is 25.1 Å². The Morgan fingerprint density at radius 2 is 1.90 bits per heavy atom. The van der Waals surface area contributed by atoms with Crippen LogP contribution in [0.15, 0.2) is 39.9 Å². The van der Waals surface area contributed by atoms with Gasteiger partial charge in [0.2, 0.25) is 0 Å². The van der Waals surface area contributed by atoms with Crippen molar-refractivity contribution in [2.24, 2.45) is 5.10 Å². The van der Waals surface area contributed by atoms with Crippen LogP contribution in [0.1, 0.15) is 18.1 Å². The van der Waals surface area contributed by atoms with Crippen LogP contribution in [-0.2, 0) is 11.3 Å². The van der Waals surface area contributed by atoms with Crippen LogP contribution in [0.4, 0.5) is 0 Å². The molecule has 0 bridgehead atoms. The molecule has 0 aliphatic carbocycles. The third kappa shape index (κ3) is 6.56. The Kier molecular flexibility index (Phi) is 8.60. The van der Waals surface area contributed by atoms with E-state index in [4.69, 9.17) is 24.1 Å². The molecule has 0 aromatic heterocycles. The Balaban J connectivity index is 2.07. The van der Waals surface area contributed by atoms with Crippen molar-refractivity contribution in [2.45, 2.75) is 13.5 Å². The summed E-state index contributed by atoms with van der Waals surface area (Å²) in [5.41, 5.74) is 4.71. The fraction of sp³-hybridized carbons (Fsp3) is 0.300. The molecule has 9 heteroatoms. The Morgan fingerprint density at radius 3 is 2.55 bits per heavy atom. The molecule has 0 saturated carbocycles. The number of carboxylic acids is 1. The lowest BCUT2D eigenvalue weighted by molar-refractivity contribution is -0.139. The molecule has 2 rings (SSSR count). The highest BCUT2D eigenvalue weighted by Crippen LogP contribution is 2.36. The van der Waals surface area contributed by atoms with Crippen LogP contribution >= 0.6 is 15.9 Å². The summed E-state index contributed by atoms with van der Waals surface area (Å²) in [6, 6.07) is 9.12. The number of nitrogens with zero attached hydrogens (tertiary/aromatic N) is 1. The first kappa shape index (κ1) is 22.4. The maximum absolute atomic E-state index is 10.8. The number of halogens is 1. The van der Waals surface area contributed by atoms with Crippen LogP contribution in [0.2, 0.25) is 0 Å². The zero-order valence-corrected chi connectivity index (χ0v) is 18.0. The molecule has 2 aromatic rings. The SMILES string of the molecule is CCOc1cc(/C=N/NCc2ccc(OC)c(OC)c2)cc(Br)c1OCC(=O)O. The number of carbonyl (C=O) groups is 1. The molecular formula is C20H23BrN2O6. The van der Waals surface area contributed by atoms with Gasteiger partial charge in [0.1, 0.15) is 0 Å². The zero-order chi connectivity index (χ0) is 21.2. The first-order valence-electron chi connectivity index (χ1n) is 8.76. The highest BCUT2D eigenvalue weighted by Gasteiger charge is 2.13. The Morgan fingerprint density at radius 1 is 1.14 bits per heavy atom. The fourth-order valence-electron chi connectivity index (χ4n) is 2.45. The van der Waals surface area contributed by atoms with Gasteiger partial charge in [-0.05, 0) is 58.2 Å². The second-order valence-electron chi connectivity index (χ2n) is 5.73. The molecule has 0 unspecified atom stereocenters. The topological polar surface area (TPSA) is 98.6 Å². The average Bonchev–Trinajstić information content (AvgIpc) is 2.70. The van der Waals surface area contributed by atoms with Crippen LogP contribution in [-0.4, -0.2) is 44.7 Å². The van der Waals surface area contributed by atoms with E-state index in [2.05, 4.69) is 26.5 Å². The number of hydrogen-bond donors (Lipinski definition) is 2. The minimum absolute atomic E-state index is 0.338. The lowest BCUT2D eigenvalue weighted by atomic mass is 10.2. The van der Waals surface area contributed by atoms with Crippen molar-refractivity contribution in [3.05, 3.63) is 45.9 Å². The molecule has 0 aliphatic heterocycles. The quantitative estimate of drug-likeness (QED) is 0.386. The van der Waals surface area contributed by atoms with Crippen LogP contribution in [0.25, 0.3) is 0 Å². The first-order chi connectivity index (χ1) is 14.0. The smallest absolute Gasteiger partial charge is 0.341 e. The number of ether oxygens (including phenoxy) is 4. The molecule has 0 heterocycles. The Labute approximate surface area is 177 Å². The van der Waals surface area contributed by atoms with E-state index >= 15 is 0 Å². The van der Waals surface area contributed by atoms with E-state index in [0.717, 1.165) is 11.1 Å². The minimum atomic E-state index is -1.07. The Hall–Kier alpha value is -2.94. The number of hydrogen-bond acceptors (Lipinski definition) is 7. The van der Waals surface area contributed by atoms with Crippen molar-refractivity contribution in [1.82, 2.24) is 5.43 Å². The first-order valence-corrected chi connectivity index (χ1v) is 9.55. The lowest BCUT2D eigenvalue weighted by Gasteiger charge is -2.13. The number of aliphatic carboxylic acids is 1. The number of hydrazone groups is 1. The molecule has 2 aromatic carbocycles. The van der Waals surface area contributed by atoms with Crippen molar-refractivity contribution in [3.8, 4) is 23.0 Å². The van der Waals surface area contributed by atoms with Crippen molar-refractivity contribution in [1.29, 1.82) is 0 Å². The molecule has 0 amide bonds. The molecular weight excluding hydrogens is 444 g/mol. The van der Waals surface area contributed by atoms with Gasteiger partial charge in [0.25, 0.3) is 0 Å². The summed E-state index contributed by atoms with van der Waals surface area (Å²) < 4.78 is 22.0. The van der Waals surface area contributed by atoms with E-state index in [1.54, 1.807) is 32.6 Å². The van der Waals surface area contributed by atoms with Gasteiger partial charge in [-0.3, -0.25) is 0 Å². The highest BCUT2D eigenvalue weighted by molar-refractivity contribution is 9.10. The van der Waals surface area contributed by atoms with Gasteiger partial charge in [-0.2, -0.15) is 5.10 Å². The van der Waals surface area contributed by atoms with E-state index < -0.39 is 12.6 Å². The van der Waals surface area contributed by atoms with Crippen molar-refractivity contribution < 1.29 is 28.8 Å². The average molecular weight is 467 g/mol. The molecule has 0 saturated heterocycles. The van der Waals surface area contributed by atoms with Crippen molar-refractivity contribution in [3.63, 3.8) is 0 Å². The van der Waals surface area contributed by atoms with Crippen molar-refractivity contribution >= 4 is 28.1 Å². The molecule has 0 atom stereocenters. The minimum Gasteiger partial charge on any atom is -0.493 e. The standard InChI is InChI=1S/C20H23BrN2O6/c1-4-28-18-9-14(7-15(21)20(18)29-12-19(24)25)11-23-22-10-13-5-6-16(26-2)17(8-13)27-3/h5-9,11,22H,4,10,12H2,1-3H3,(H,24,25)/b23-11+. The van der Waals surface area contributed by atoms with E-state index in [0.29, 0.717) is 40.6 Å². The molecule has 29 heavy (non-hydrogen) atoms.